The molecule has 1 atom stereocenters. The Kier molecular flexibility index (Phi) is 6.49. The molecular weight excluding hydrogens is 270 g/mol. The van der Waals surface area contributed by atoms with E-state index in [9.17, 15) is 4.79 Å². The molecule has 0 heterocycles. The third-order valence-corrected chi connectivity index (χ3v) is 2.90. The Morgan fingerprint density at radius 1 is 1.33 bits per heavy atom. The van der Waals surface area contributed by atoms with Crippen LogP contribution in [0.2, 0.25) is 0 Å². The number of esters is 1. The number of methoxy groups -OCH3 is 1. The number of carbonyl (C=O) groups is 1. The zero-order chi connectivity index (χ0) is 15.9. The molecule has 0 aliphatic carbocycles. The number of hydrogen-bond donors (Lipinski definition) is 1. The first-order chi connectivity index (χ1) is 9.91. The highest BCUT2D eigenvalue weighted by Gasteiger charge is 2.36. The summed E-state index contributed by atoms with van der Waals surface area (Å²) in [6.45, 7) is 8.04. The van der Waals surface area contributed by atoms with Gasteiger partial charge in [-0.3, -0.25) is 5.32 Å². The second-order valence-corrected chi connectivity index (χ2v) is 5.32. The summed E-state index contributed by atoms with van der Waals surface area (Å²) >= 11 is 0. The van der Waals surface area contributed by atoms with Gasteiger partial charge in [0.05, 0.1) is 13.7 Å². The van der Waals surface area contributed by atoms with Crippen molar-refractivity contribution in [3.63, 3.8) is 0 Å². The molecule has 0 amide bonds. The van der Waals surface area contributed by atoms with E-state index in [4.69, 9.17) is 14.2 Å². The summed E-state index contributed by atoms with van der Waals surface area (Å²) in [6, 6.07) is 7.41. The average molecular weight is 295 g/mol. The van der Waals surface area contributed by atoms with E-state index in [1.54, 1.807) is 27.0 Å². The Morgan fingerprint density at radius 2 is 2.00 bits per heavy atom. The molecule has 5 nitrogen and oxygen atoms in total. The molecule has 0 fully saturated rings. The van der Waals surface area contributed by atoms with Gasteiger partial charge in [0.25, 0.3) is 0 Å². The first kappa shape index (κ1) is 17.3. The maximum absolute atomic E-state index is 12.2. The molecule has 0 radical (unpaired) electrons. The standard InChI is InChI=1S/C16H25NO4/c1-6-20-15(18)16(4,17-12(2)3)11-21-14-9-7-8-13(10-14)19-5/h7-10,12,17H,6,11H2,1-5H3. The normalized spacial score (nSPS) is 13.6. The number of hydrogen-bond acceptors (Lipinski definition) is 5. The molecule has 1 aromatic carbocycles. The van der Waals surface area contributed by atoms with Gasteiger partial charge >= 0.3 is 5.97 Å². The van der Waals surface area contributed by atoms with Crippen LogP contribution in [0, 0.1) is 0 Å². The predicted octanol–water partition coefficient (Wildman–Crippen LogP) is 2.39. The highest BCUT2D eigenvalue weighted by Crippen LogP contribution is 2.20. The molecule has 1 rings (SSSR count). The van der Waals surface area contributed by atoms with Crippen molar-refractivity contribution in [2.75, 3.05) is 20.3 Å². The zero-order valence-electron chi connectivity index (χ0n) is 13.4. The summed E-state index contributed by atoms with van der Waals surface area (Å²) in [6.07, 6.45) is 0. The monoisotopic (exact) mass is 295 g/mol. The molecule has 0 saturated carbocycles. The van der Waals surface area contributed by atoms with Crippen molar-refractivity contribution in [2.24, 2.45) is 0 Å². The summed E-state index contributed by atoms with van der Waals surface area (Å²) in [7, 11) is 1.60. The molecule has 0 spiro atoms. The van der Waals surface area contributed by atoms with Gasteiger partial charge < -0.3 is 14.2 Å². The number of ether oxygens (including phenoxy) is 3. The number of carbonyl (C=O) groups excluding carboxylic acids is 1. The van der Waals surface area contributed by atoms with Crippen LogP contribution in [0.1, 0.15) is 27.7 Å². The molecule has 0 bridgehead atoms. The fourth-order valence-corrected chi connectivity index (χ4v) is 2.01. The lowest BCUT2D eigenvalue weighted by Crippen LogP contribution is -2.57. The molecule has 0 saturated heterocycles. The summed E-state index contributed by atoms with van der Waals surface area (Å²) in [4.78, 5) is 12.2. The zero-order valence-corrected chi connectivity index (χ0v) is 13.4. The average Bonchev–Trinajstić information content (AvgIpc) is 2.45. The minimum atomic E-state index is -0.896. The molecule has 21 heavy (non-hydrogen) atoms. The fraction of sp³-hybridized carbons (Fsp3) is 0.562. The van der Waals surface area contributed by atoms with E-state index in [-0.39, 0.29) is 18.6 Å². The predicted molar refractivity (Wildman–Crippen MR) is 81.8 cm³/mol. The van der Waals surface area contributed by atoms with Gasteiger partial charge in [0.15, 0.2) is 0 Å². The number of nitrogens with one attached hydrogen (secondary N) is 1. The minimum Gasteiger partial charge on any atom is -0.497 e. The van der Waals surface area contributed by atoms with Crippen LogP contribution < -0.4 is 14.8 Å². The van der Waals surface area contributed by atoms with Gasteiger partial charge in [-0.2, -0.15) is 0 Å². The Labute approximate surface area is 126 Å². The second-order valence-electron chi connectivity index (χ2n) is 5.32. The maximum atomic E-state index is 12.2. The fourth-order valence-electron chi connectivity index (χ4n) is 2.01. The largest absolute Gasteiger partial charge is 0.497 e. The van der Waals surface area contributed by atoms with Crippen LogP contribution in [0.5, 0.6) is 11.5 Å². The van der Waals surface area contributed by atoms with Crippen molar-refractivity contribution in [2.45, 2.75) is 39.3 Å². The molecule has 5 heteroatoms. The summed E-state index contributed by atoms with van der Waals surface area (Å²) in [5.74, 6) is 1.04. The summed E-state index contributed by atoms with van der Waals surface area (Å²) in [5.41, 5.74) is -0.896. The van der Waals surface area contributed by atoms with Crippen LogP contribution in [-0.2, 0) is 9.53 Å². The van der Waals surface area contributed by atoms with Gasteiger partial charge in [0, 0.05) is 12.1 Å². The third kappa shape index (κ3) is 5.27. The highest BCUT2D eigenvalue weighted by atomic mass is 16.5. The van der Waals surface area contributed by atoms with E-state index in [1.807, 2.05) is 32.0 Å². The molecule has 0 aliphatic rings. The van der Waals surface area contributed by atoms with Crippen molar-refractivity contribution in [1.82, 2.24) is 5.32 Å². The first-order valence-corrected chi connectivity index (χ1v) is 7.13. The van der Waals surface area contributed by atoms with Gasteiger partial charge in [0.1, 0.15) is 23.6 Å². The van der Waals surface area contributed by atoms with Crippen LogP contribution in [0.4, 0.5) is 0 Å². The highest BCUT2D eigenvalue weighted by molar-refractivity contribution is 5.80. The molecule has 1 unspecified atom stereocenters. The van der Waals surface area contributed by atoms with Crippen molar-refractivity contribution in [3.05, 3.63) is 24.3 Å². The van der Waals surface area contributed by atoms with E-state index in [2.05, 4.69) is 5.32 Å². The van der Waals surface area contributed by atoms with Crippen LogP contribution in [0.3, 0.4) is 0 Å². The minimum absolute atomic E-state index is 0.133. The van der Waals surface area contributed by atoms with Gasteiger partial charge in [-0.15, -0.1) is 0 Å². The van der Waals surface area contributed by atoms with E-state index in [0.29, 0.717) is 18.1 Å². The molecule has 0 aromatic heterocycles. The molecular formula is C16H25NO4. The van der Waals surface area contributed by atoms with Crippen molar-refractivity contribution in [1.29, 1.82) is 0 Å². The number of benzene rings is 1. The molecule has 1 N–H and O–H groups in total. The van der Waals surface area contributed by atoms with Crippen molar-refractivity contribution in [3.8, 4) is 11.5 Å². The van der Waals surface area contributed by atoms with Crippen molar-refractivity contribution < 1.29 is 19.0 Å². The SMILES string of the molecule is CCOC(=O)C(C)(COc1cccc(OC)c1)NC(C)C. The van der Waals surface area contributed by atoms with Crippen LogP contribution in [0.25, 0.3) is 0 Å². The molecule has 0 aliphatic heterocycles. The Hall–Kier alpha value is -1.75. The Morgan fingerprint density at radius 3 is 2.57 bits per heavy atom. The van der Waals surface area contributed by atoms with Gasteiger partial charge in [-0.25, -0.2) is 4.79 Å². The number of rotatable bonds is 8. The third-order valence-electron chi connectivity index (χ3n) is 2.90. The lowest BCUT2D eigenvalue weighted by Gasteiger charge is -2.30. The van der Waals surface area contributed by atoms with E-state index in [0.717, 1.165) is 0 Å². The van der Waals surface area contributed by atoms with Crippen LogP contribution in [-0.4, -0.2) is 37.9 Å². The maximum Gasteiger partial charge on any atom is 0.329 e. The van der Waals surface area contributed by atoms with E-state index < -0.39 is 5.54 Å². The smallest absolute Gasteiger partial charge is 0.329 e. The Balaban J connectivity index is 2.78. The van der Waals surface area contributed by atoms with Crippen LogP contribution >= 0.6 is 0 Å². The first-order valence-electron chi connectivity index (χ1n) is 7.13. The van der Waals surface area contributed by atoms with E-state index in [1.165, 1.54) is 0 Å². The Bertz CT molecular complexity index is 461. The lowest BCUT2D eigenvalue weighted by molar-refractivity contribution is -0.152. The molecule has 118 valence electrons. The van der Waals surface area contributed by atoms with Gasteiger partial charge in [0.2, 0.25) is 0 Å². The van der Waals surface area contributed by atoms with Gasteiger partial charge in [-0.1, -0.05) is 6.07 Å². The second kappa shape index (κ2) is 7.88. The summed E-state index contributed by atoms with van der Waals surface area (Å²) < 4.78 is 16.0. The quantitative estimate of drug-likeness (QED) is 0.746. The summed E-state index contributed by atoms with van der Waals surface area (Å²) in [5, 5.41) is 3.21. The topological polar surface area (TPSA) is 56.8 Å². The molecule has 1 aromatic rings. The van der Waals surface area contributed by atoms with Crippen molar-refractivity contribution >= 4 is 5.97 Å². The van der Waals surface area contributed by atoms with Crippen LogP contribution in [0.15, 0.2) is 24.3 Å². The van der Waals surface area contributed by atoms with Gasteiger partial charge in [-0.05, 0) is 39.8 Å². The lowest BCUT2D eigenvalue weighted by atomic mass is 10.0. The van der Waals surface area contributed by atoms with E-state index >= 15 is 0 Å².